The predicted octanol–water partition coefficient (Wildman–Crippen LogP) is 5.07. The molecule has 180 valence electrons. The highest BCUT2D eigenvalue weighted by molar-refractivity contribution is 7.89. The lowest BCUT2D eigenvalue weighted by atomic mass is 10.00. The third-order valence-corrected chi connectivity index (χ3v) is 7.17. The fourth-order valence-electron chi connectivity index (χ4n) is 3.52. The van der Waals surface area contributed by atoms with Gasteiger partial charge in [0.15, 0.2) is 0 Å². The van der Waals surface area contributed by atoms with Gasteiger partial charge in [0.05, 0.1) is 16.9 Å². The summed E-state index contributed by atoms with van der Waals surface area (Å²) in [7, 11) is -3.46. The molecule has 1 aliphatic rings. The zero-order valence-electron chi connectivity index (χ0n) is 17.3. The van der Waals surface area contributed by atoms with E-state index in [2.05, 4.69) is 5.32 Å². The van der Waals surface area contributed by atoms with Crippen molar-refractivity contribution in [3.8, 4) is 0 Å². The first-order valence-electron chi connectivity index (χ1n) is 9.91. The molecule has 0 unspecified atom stereocenters. The van der Waals surface area contributed by atoms with E-state index < -0.39 is 45.0 Å². The van der Waals surface area contributed by atoms with E-state index in [0.29, 0.717) is 37.1 Å². The maximum absolute atomic E-state index is 13.0. The molecule has 0 aromatic heterocycles. The number of carbonyl (C=O) groups is 1. The summed E-state index contributed by atoms with van der Waals surface area (Å²) in [4.78, 5) is 12.5. The Hall–Kier alpha value is -2.60. The van der Waals surface area contributed by atoms with Crippen molar-refractivity contribution in [1.82, 2.24) is 4.31 Å². The van der Waals surface area contributed by atoms with Crippen molar-refractivity contribution in [2.45, 2.75) is 38.7 Å². The van der Waals surface area contributed by atoms with Crippen molar-refractivity contribution < 1.29 is 39.6 Å². The van der Waals surface area contributed by atoms with Crippen LogP contribution in [0.4, 0.5) is 32.0 Å². The number of fused-ring (bicyclic) bond motifs is 1. The summed E-state index contributed by atoms with van der Waals surface area (Å²) in [5.74, 6) is -1.17. The maximum atomic E-state index is 13.0. The first-order chi connectivity index (χ1) is 15.2. The van der Waals surface area contributed by atoms with Gasteiger partial charge in [0, 0.05) is 24.3 Å². The SMILES string of the molecule is CCCS(=O)(=O)N1CCc2ccc(NC(=O)c3cc(C(F)(F)F)cc(C(F)(F)F)c3)cc2C1. The molecule has 0 radical (unpaired) electrons. The number of anilines is 1. The van der Waals surface area contributed by atoms with Gasteiger partial charge in [0.25, 0.3) is 5.91 Å². The van der Waals surface area contributed by atoms with Gasteiger partial charge in [0.2, 0.25) is 10.0 Å². The van der Waals surface area contributed by atoms with Crippen molar-refractivity contribution >= 4 is 21.6 Å². The summed E-state index contributed by atoms with van der Waals surface area (Å²) < 4.78 is 104. The number of alkyl halides is 6. The van der Waals surface area contributed by atoms with E-state index in [1.54, 1.807) is 13.0 Å². The molecular formula is C21H20F6N2O3S. The summed E-state index contributed by atoms with van der Waals surface area (Å²) in [5.41, 5.74) is -2.43. The van der Waals surface area contributed by atoms with Gasteiger partial charge in [-0.15, -0.1) is 0 Å². The zero-order chi connectivity index (χ0) is 24.6. The lowest BCUT2D eigenvalue weighted by molar-refractivity contribution is -0.143. The Morgan fingerprint density at radius 1 is 0.970 bits per heavy atom. The summed E-state index contributed by atoms with van der Waals surface area (Å²) in [6, 6.07) is 5.22. The molecule has 2 aromatic carbocycles. The van der Waals surface area contributed by atoms with Crippen LogP contribution < -0.4 is 5.32 Å². The standard InChI is InChI=1S/C21H20F6N2O3S/c1-2-7-33(31,32)29-6-5-13-3-4-18(10-15(13)12-29)28-19(30)14-8-16(20(22,23)24)11-17(9-14)21(25,26)27/h3-4,8-11H,2,5-7,12H2,1H3,(H,28,30). The number of amides is 1. The first-order valence-corrected chi connectivity index (χ1v) is 11.5. The van der Waals surface area contributed by atoms with Crippen LogP contribution in [0.25, 0.3) is 0 Å². The number of hydrogen-bond donors (Lipinski definition) is 1. The van der Waals surface area contributed by atoms with Crippen LogP contribution in [0.5, 0.6) is 0 Å². The molecule has 0 aliphatic carbocycles. The van der Waals surface area contributed by atoms with Crippen LogP contribution in [0.1, 0.15) is 46.0 Å². The Bertz CT molecular complexity index is 1130. The second-order valence-electron chi connectivity index (χ2n) is 7.63. The Morgan fingerprint density at radius 2 is 1.58 bits per heavy atom. The number of rotatable bonds is 5. The van der Waals surface area contributed by atoms with Crippen LogP contribution >= 0.6 is 0 Å². The second kappa shape index (κ2) is 8.98. The Balaban J connectivity index is 1.87. The summed E-state index contributed by atoms with van der Waals surface area (Å²) in [6.45, 7) is 2.09. The number of sulfonamides is 1. The number of nitrogens with one attached hydrogen (secondary N) is 1. The molecule has 5 nitrogen and oxygen atoms in total. The Labute approximate surface area is 186 Å². The second-order valence-corrected chi connectivity index (χ2v) is 9.72. The van der Waals surface area contributed by atoms with Crippen molar-refractivity contribution in [2.24, 2.45) is 0 Å². The number of hydrogen-bond acceptors (Lipinski definition) is 3. The van der Waals surface area contributed by atoms with Crippen LogP contribution in [0, 0.1) is 0 Å². The van der Waals surface area contributed by atoms with Gasteiger partial charge >= 0.3 is 12.4 Å². The Morgan fingerprint density at radius 3 is 2.12 bits per heavy atom. The van der Waals surface area contributed by atoms with Gasteiger partial charge < -0.3 is 5.32 Å². The minimum Gasteiger partial charge on any atom is -0.322 e. The molecule has 0 fully saturated rings. The van der Waals surface area contributed by atoms with E-state index in [-0.39, 0.29) is 24.1 Å². The predicted molar refractivity (Wildman–Crippen MR) is 109 cm³/mol. The number of nitrogens with zero attached hydrogens (tertiary/aromatic N) is 1. The molecule has 0 saturated heterocycles. The fraction of sp³-hybridized carbons (Fsp3) is 0.381. The van der Waals surface area contributed by atoms with Crippen molar-refractivity contribution in [2.75, 3.05) is 17.6 Å². The maximum Gasteiger partial charge on any atom is 0.416 e. The largest absolute Gasteiger partial charge is 0.416 e. The quantitative estimate of drug-likeness (QED) is 0.590. The highest BCUT2D eigenvalue weighted by Crippen LogP contribution is 2.36. The van der Waals surface area contributed by atoms with Gasteiger partial charge in [0.1, 0.15) is 0 Å². The average Bonchev–Trinajstić information content (AvgIpc) is 2.71. The normalized spacial score (nSPS) is 15.2. The smallest absolute Gasteiger partial charge is 0.322 e. The van der Waals surface area contributed by atoms with Crippen LogP contribution in [-0.2, 0) is 35.3 Å². The summed E-state index contributed by atoms with van der Waals surface area (Å²) in [5, 5.41) is 2.30. The van der Waals surface area contributed by atoms with E-state index in [4.69, 9.17) is 0 Å². The van der Waals surface area contributed by atoms with Crippen molar-refractivity contribution in [1.29, 1.82) is 0 Å². The van der Waals surface area contributed by atoms with Gasteiger partial charge in [-0.3, -0.25) is 4.79 Å². The van der Waals surface area contributed by atoms with Gasteiger partial charge in [-0.2, -0.15) is 30.6 Å². The van der Waals surface area contributed by atoms with E-state index in [9.17, 15) is 39.6 Å². The molecule has 3 rings (SSSR count). The minimum atomic E-state index is -5.07. The lowest BCUT2D eigenvalue weighted by Gasteiger charge is -2.28. The van der Waals surface area contributed by atoms with Crippen molar-refractivity contribution in [3.63, 3.8) is 0 Å². The van der Waals surface area contributed by atoms with Crippen molar-refractivity contribution in [3.05, 3.63) is 64.2 Å². The highest BCUT2D eigenvalue weighted by atomic mass is 32.2. The monoisotopic (exact) mass is 494 g/mol. The van der Waals surface area contributed by atoms with Crippen LogP contribution in [0.3, 0.4) is 0 Å². The molecule has 1 aliphatic heterocycles. The minimum absolute atomic E-state index is 0.0180. The molecule has 33 heavy (non-hydrogen) atoms. The van der Waals surface area contributed by atoms with Gasteiger partial charge in [-0.1, -0.05) is 13.0 Å². The summed E-state index contributed by atoms with van der Waals surface area (Å²) in [6.07, 6.45) is -9.27. The average molecular weight is 494 g/mol. The van der Waals surface area contributed by atoms with E-state index >= 15 is 0 Å². The lowest BCUT2D eigenvalue weighted by Crippen LogP contribution is -2.37. The molecule has 1 heterocycles. The third-order valence-electron chi connectivity index (χ3n) is 5.15. The van der Waals surface area contributed by atoms with E-state index in [1.807, 2.05) is 0 Å². The fourth-order valence-corrected chi connectivity index (χ4v) is 5.00. The Kier molecular flexibility index (Phi) is 6.81. The zero-order valence-corrected chi connectivity index (χ0v) is 18.2. The van der Waals surface area contributed by atoms with Gasteiger partial charge in [-0.25, -0.2) is 8.42 Å². The molecule has 0 atom stereocenters. The molecular weight excluding hydrogens is 474 g/mol. The van der Waals surface area contributed by atoms with Gasteiger partial charge in [-0.05, 0) is 54.3 Å². The molecule has 0 saturated carbocycles. The number of benzene rings is 2. The molecule has 12 heteroatoms. The molecule has 2 aromatic rings. The number of carbonyl (C=O) groups excluding carboxylic acids is 1. The molecule has 0 bridgehead atoms. The topological polar surface area (TPSA) is 66.5 Å². The van der Waals surface area contributed by atoms with Crippen LogP contribution in [0.2, 0.25) is 0 Å². The van der Waals surface area contributed by atoms with E-state index in [0.717, 1.165) is 5.56 Å². The molecule has 0 spiro atoms. The van der Waals surface area contributed by atoms with Crippen LogP contribution in [-0.4, -0.2) is 30.9 Å². The van der Waals surface area contributed by atoms with Crippen LogP contribution in [0.15, 0.2) is 36.4 Å². The first kappa shape index (κ1) is 25.0. The molecule has 1 N–H and O–H groups in total. The summed E-state index contributed by atoms with van der Waals surface area (Å²) >= 11 is 0. The van der Waals surface area contributed by atoms with E-state index in [1.165, 1.54) is 16.4 Å². The number of halogens is 6. The third kappa shape index (κ3) is 5.85. The molecule has 1 amide bonds. The highest BCUT2D eigenvalue weighted by Gasteiger charge is 2.37.